The second-order valence-corrected chi connectivity index (χ2v) is 6.23. The fourth-order valence-corrected chi connectivity index (χ4v) is 3.95. The second kappa shape index (κ2) is 5.79. The van der Waals surface area contributed by atoms with E-state index in [4.69, 9.17) is 11.6 Å². The third-order valence-electron chi connectivity index (χ3n) is 4.01. The van der Waals surface area contributed by atoms with E-state index in [1.807, 2.05) is 12.1 Å². The molecule has 3 heteroatoms. The Morgan fingerprint density at radius 3 is 2.70 bits per heavy atom. The smallest absolute Gasteiger partial charge is 0.0469 e. The predicted molar refractivity (Wildman–Crippen MR) is 90.4 cm³/mol. The van der Waals surface area contributed by atoms with Gasteiger partial charge in [-0.3, -0.25) is 0 Å². The fraction of sp³-hybridized carbons (Fsp3) is 0.294. The zero-order valence-electron chi connectivity index (χ0n) is 11.4. The van der Waals surface area contributed by atoms with Crippen LogP contribution in [0.5, 0.6) is 0 Å². The summed E-state index contributed by atoms with van der Waals surface area (Å²) in [7, 11) is 0. The van der Waals surface area contributed by atoms with E-state index in [1.54, 1.807) is 0 Å². The van der Waals surface area contributed by atoms with E-state index in [0.717, 1.165) is 22.3 Å². The normalized spacial score (nSPS) is 17.9. The first kappa shape index (κ1) is 14.0. The first-order valence-corrected chi connectivity index (χ1v) is 8.43. The molecule has 0 amide bonds. The summed E-state index contributed by atoms with van der Waals surface area (Å²) in [6.45, 7) is 2.29. The van der Waals surface area contributed by atoms with Gasteiger partial charge in [-0.2, -0.15) is 0 Å². The fourth-order valence-electron chi connectivity index (χ4n) is 2.96. The molecule has 0 fully saturated rings. The van der Waals surface area contributed by atoms with Crippen LogP contribution in [0.25, 0.3) is 0 Å². The second-order valence-electron chi connectivity index (χ2n) is 5.26. The van der Waals surface area contributed by atoms with E-state index in [9.17, 15) is 0 Å². The van der Waals surface area contributed by atoms with Crippen molar-refractivity contribution in [2.75, 3.05) is 4.90 Å². The molecule has 2 aromatic rings. The third-order valence-corrected chi connectivity index (χ3v) is 4.93. The number of aryl methyl sites for hydroxylation is 1. The van der Waals surface area contributed by atoms with E-state index in [-0.39, 0.29) is 0 Å². The van der Waals surface area contributed by atoms with E-state index in [0.29, 0.717) is 6.04 Å². The lowest BCUT2D eigenvalue weighted by molar-refractivity contribution is 0.617. The van der Waals surface area contributed by atoms with Crippen LogP contribution in [0.2, 0.25) is 5.02 Å². The zero-order chi connectivity index (χ0) is 14.1. The quantitative estimate of drug-likeness (QED) is 0.627. The van der Waals surface area contributed by atoms with Crippen molar-refractivity contribution in [3.05, 3.63) is 58.6 Å². The highest BCUT2D eigenvalue weighted by Gasteiger charge is 2.26. The van der Waals surface area contributed by atoms with Crippen molar-refractivity contribution >= 4 is 38.9 Å². The van der Waals surface area contributed by atoms with Gasteiger partial charge < -0.3 is 4.90 Å². The summed E-state index contributed by atoms with van der Waals surface area (Å²) >= 11 is 9.94. The maximum Gasteiger partial charge on any atom is 0.0469 e. The van der Waals surface area contributed by atoms with Gasteiger partial charge in [0.1, 0.15) is 0 Å². The van der Waals surface area contributed by atoms with Crippen molar-refractivity contribution in [2.45, 2.75) is 31.1 Å². The highest BCUT2D eigenvalue weighted by atomic mass is 79.9. The number of halogens is 2. The number of fused-ring (bicyclic) bond motifs is 1. The van der Waals surface area contributed by atoms with Gasteiger partial charge in [0.05, 0.1) is 0 Å². The van der Waals surface area contributed by atoms with Crippen LogP contribution in [-0.4, -0.2) is 6.04 Å². The highest BCUT2D eigenvalue weighted by Crippen LogP contribution is 2.40. The summed E-state index contributed by atoms with van der Waals surface area (Å²) < 4.78 is 0. The minimum absolute atomic E-state index is 0.487. The lowest BCUT2D eigenvalue weighted by Gasteiger charge is -2.38. The van der Waals surface area contributed by atoms with Crippen molar-refractivity contribution in [2.24, 2.45) is 0 Å². The maximum absolute atomic E-state index is 6.37. The number of alkyl halides is 1. The van der Waals surface area contributed by atoms with Crippen molar-refractivity contribution in [1.29, 1.82) is 0 Å². The van der Waals surface area contributed by atoms with Crippen LogP contribution in [0.1, 0.15) is 24.5 Å². The van der Waals surface area contributed by atoms with Crippen LogP contribution in [-0.2, 0) is 11.8 Å². The molecule has 3 rings (SSSR count). The Hall–Kier alpha value is -0.990. The molecule has 0 bridgehead atoms. The number of rotatable bonds is 2. The number of nitrogens with zero attached hydrogens (tertiary/aromatic N) is 1. The third kappa shape index (κ3) is 2.36. The Labute approximate surface area is 133 Å². The average molecular weight is 351 g/mol. The Kier molecular flexibility index (Phi) is 4.04. The summed E-state index contributed by atoms with van der Waals surface area (Å²) in [5, 5.41) is 1.60. The molecule has 2 aromatic carbocycles. The molecule has 1 unspecified atom stereocenters. The molecule has 1 nitrogen and oxygen atoms in total. The molecule has 0 saturated heterocycles. The minimum atomic E-state index is 0.487. The lowest BCUT2D eigenvalue weighted by atomic mass is 9.95. The van der Waals surface area contributed by atoms with Crippen molar-refractivity contribution in [3.63, 3.8) is 0 Å². The Morgan fingerprint density at radius 1 is 1.15 bits per heavy atom. The van der Waals surface area contributed by atoms with Gasteiger partial charge in [0.25, 0.3) is 0 Å². The molecule has 1 heterocycles. The van der Waals surface area contributed by atoms with Gasteiger partial charge >= 0.3 is 0 Å². The van der Waals surface area contributed by atoms with E-state index in [1.165, 1.54) is 23.4 Å². The molecule has 0 saturated carbocycles. The number of anilines is 2. The summed E-state index contributed by atoms with van der Waals surface area (Å²) in [5.41, 5.74) is 5.12. The minimum Gasteiger partial charge on any atom is -0.338 e. The molecule has 0 spiro atoms. The zero-order valence-corrected chi connectivity index (χ0v) is 13.8. The molecule has 0 aromatic heterocycles. The van der Waals surface area contributed by atoms with Crippen molar-refractivity contribution in [1.82, 2.24) is 0 Å². The molecule has 104 valence electrons. The van der Waals surface area contributed by atoms with Gasteiger partial charge in [0.2, 0.25) is 0 Å². The molecule has 1 aliphatic heterocycles. The van der Waals surface area contributed by atoms with E-state index < -0.39 is 0 Å². The predicted octanol–water partition coefficient (Wildman–Crippen LogP) is 5.71. The van der Waals surface area contributed by atoms with E-state index >= 15 is 0 Å². The summed E-state index contributed by atoms with van der Waals surface area (Å²) in [4.78, 5) is 2.43. The van der Waals surface area contributed by atoms with Gasteiger partial charge in [-0.1, -0.05) is 51.8 Å². The van der Waals surface area contributed by atoms with Crippen LogP contribution >= 0.6 is 27.5 Å². The maximum atomic E-state index is 6.37. The number of hydrogen-bond donors (Lipinski definition) is 0. The van der Waals surface area contributed by atoms with Gasteiger partial charge in [0.15, 0.2) is 0 Å². The molecule has 0 radical (unpaired) electrons. The lowest BCUT2D eigenvalue weighted by Crippen LogP contribution is -2.33. The van der Waals surface area contributed by atoms with Gasteiger partial charge in [0, 0.05) is 33.3 Å². The molecule has 1 aliphatic rings. The van der Waals surface area contributed by atoms with Crippen LogP contribution in [0.3, 0.4) is 0 Å². The molecule has 0 N–H and O–H groups in total. The molecule has 0 aliphatic carbocycles. The van der Waals surface area contributed by atoms with Crippen LogP contribution < -0.4 is 4.90 Å². The Morgan fingerprint density at radius 2 is 1.90 bits per heavy atom. The Balaban J connectivity index is 2.17. The first-order chi connectivity index (χ1) is 9.72. The van der Waals surface area contributed by atoms with Crippen LogP contribution in [0, 0.1) is 0 Å². The molecule has 1 atom stereocenters. The monoisotopic (exact) mass is 349 g/mol. The first-order valence-electron chi connectivity index (χ1n) is 6.93. The topological polar surface area (TPSA) is 3.24 Å². The number of hydrogen-bond acceptors (Lipinski definition) is 1. The number of para-hydroxylation sites is 1. The van der Waals surface area contributed by atoms with Gasteiger partial charge in [-0.25, -0.2) is 0 Å². The highest BCUT2D eigenvalue weighted by molar-refractivity contribution is 9.08. The van der Waals surface area contributed by atoms with Crippen LogP contribution in [0.15, 0.2) is 42.5 Å². The summed E-state index contributed by atoms with van der Waals surface area (Å²) in [5.74, 6) is 0. The van der Waals surface area contributed by atoms with E-state index in [2.05, 4.69) is 58.1 Å². The van der Waals surface area contributed by atoms with Gasteiger partial charge in [-0.05, 0) is 43.5 Å². The largest absolute Gasteiger partial charge is 0.338 e. The average Bonchev–Trinajstić information content (AvgIpc) is 2.47. The molecular weight excluding hydrogens is 334 g/mol. The number of benzene rings is 2. The summed E-state index contributed by atoms with van der Waals surface area (Å²) in [6, 6.07) is 15.3. The SMILES string of the molecule is CC1CCc2ccccc2N1c1cccc(Cl)c1CBr. The molecular formula is C17H17BrClN. The Bertz CT molecular complexity index is 626. The standard InChI is InChI=1S/C17H17BrClN/c1-12-9-10-13-5-2-3-7-16(13)20(12)17-8-4-6-15(19)14(17)11-18/h2-8,12H,9-11H2,1H3. The van der Waals surface area contributed by atoms with Crippen molar-refractivity contribution in [3.8, 4) is 0 Å². The van der Waals surface area contributed by atoms with Gasteiger partial charge in [-0.15, -0.1) is 0 Å². The van der Waals surface area contributed by atoms with Crippen LogP contribution in [0.4, 0.5) is 11.4 Å². The summed E-state index contributed by atoms with van der Waals surface area (Å²) in [6.07, 6.45) is 2.32. The van der Waals surface area contributed by atoms with Crippen molar-refractivity contribution < 1.29 is 0 Å². The molecule has 20 heavy (non-hydrogen) atoms.